The van der Waals surface area contributed by atoms with E-state index in [4.69, 9.17) is 5.73 Å². The quantitative estimate of drug-likeness (QED) is 0.694. The molecule has 0 aliphatic heterocycles. The first kappa shape index (κ1) is 11.5. The smallest absolute Gasteiger partial charge is 0.0709 e. The highest BCUT2D eigenvalue weighted by Crippen LogP contribution is 2.14. The monoisotopic (exact) mass is 246 g/mol. The Hall–Kier alpha value is -2.61. The molecule has 0 atom stereocenters. The highest BCUT2D eigenvalue weighted by Gasteiger charge is 1.94. The van der Waals surface area contributed by atoms with Gasteiger partial charge in [0, 0.05) is 11.1 Å². The van der Waals surface area contributed by atoms with E-state index in [1.807, 2.05) is 60.7 Å². The molecule has 2 N–H and O–H groups in total. The van der Waals surface area contributed by atoms with Gasteiger partial charge in [0.05, 0.1) is 11.2 Å². The molecular formula is C17H14N2. The molecule has 19 heavy (non-hydrogen) atoms. The predicted molar refractivity (Wildman–Crippen MR) is 81.5 cm³/mol. The molecule has 2 heteroatoms. The summed E-state index contributed by atoms with van der Waals surface area (Å²) in [5.41, 5.74) is 9.56. The van der Waals surface area contributed by atoms with Gasteiger partial charge in [0.25, 0.3) is 0 Å². The number of benzene rings is 2. The van der Waals surface area contributed by atoms with E-state index >= 15 is 0 Å². The van der Waals surface area contributed by atoms with Crippen LogP contribution in [0.15, 0.2) is 60.7 Å². The molecule has 3 aromatic rings. The summed E-state index contributed by atoms with van der Waals surface area (Å²) < 4.78 is 0. The van der Waals surface area contributed by atoms with Crippen LogP contribution in [0.3, 0.4) is 0 Å². The van der Waals surface area contributed by atoms with Crippen LogP contribution in [0, 0.1) is 0 Å². The lowest BCUT2D eigenvalue weighted by molar-refractivity contribution is 1.37. The highest BCUT2D eigenvalue weighted by molar-refractivity contribution is 5.80. The van der Waals surface area contributed by atoms with Gasteiger partial charge < -0.3 is 5.73 Å². The molecule has 0 aliphatic rings. The number of rotatable bonds is 2. The van der Waals surface area contributed by atoms with E-state index < -0.39 is 0 Å². The summed E-state index contributed by atoms with van der Waals surface area (Å²) >= 11 is 0. The van der Waals surface area contributed by atoms with Crippen LogP contribution < -0.4 is 5.73 Å². The first-order valence-corrected chi connectivity index (χ1v) is 6.21. The Balaban J connectivity index is 1.92. The predicted octanol–water partition coefficient (Wildman–Crippen LogP) is 3.99. The Labute approximate surface area is 112 Å². The first-order valence-electron chi connectivity index (χ1n) is 6.21. The van der Waals surface area contributed by atoms with Crippen molar-refractivity contribution in [3.8, 4) is 0 Å². The lowest BCUT2D eigenvalue weighted by Gasteiger charge is -1.99. The molecule has 2 aromatic carbocycles. The molecule has 0 spiro atoms. The molecule has 0 radical (unpaired) electrons. The number of nitrogen functional groups attached to an aromatic ring is 1. The average molecular weight is 246 g/mol. The van der Waals surface area contributed by atoms with Crippen LogP contribution in [0.4, 0.5) is 5.69 Å². The fourth-order valence-corrected chi connectivity index (χ4v) is 2.02. The van der Waals surface area contributed by atoms with Gasteiger partial charge in [0.1, 0.15) is 0 Å². The van der Waals surface area contributed by atoms with Gasteiger partial charge in [0.15, 0.2) is 0 Å². The summed E-state index contributed by atoms with van der Waals surface area (Å²) in [6.07, 6.45) is 4.02. The highest BCUT2D eigenvalue weighted by atomic mass is 14.7. The molecule has 0 saturated heterocycles. The third-order valence-electron chi connectivity index (χ3n) is 2.98. The Kier molecular flexibility index (Phi) is 2.99. The summed E-state index contributed by atoms with van der Waals surface area (Å²) in [5.74, 6) is 0. The number of pyridine rings is 1. The van der Waals surface area contributed by atoms with E-state index in [9.17, 15) is 0 Å². The van der Waals surface area contributed by atoms with Crippen molar-refractivity contribution < 1.29 is 0 Å². The Morgan fingerprint density at radius 2 is 1.74 bits per heavy atom. The van der Waals surface area contributed by atoms with Crippen molar-refractivity contribution in [2.45, 2.75) is 0 Å². The summed E-state index contributed by atoms with van der Waals surface area (Å²) in [6, 6.07) is 20.0. The van der Waals surface area contributed by atoms with Crippen LogP contribution in [0.5, 0.6) is 0 Å². The number of hydrogen-bond acceptors (Lipinski definition) is 2. The van der Waals surface area contributed by atoms with Crippen molar-refractivity contribution in [3.05, 3.63) is 71.9 Å². The van der Waals surface area contributed by atoms with Crippen molar-refractivity contribution in [2.24, 2.45) is 0 Å². The van der Waals surface area contributed by atoms with Gasteiger partial charge in [-0.25, -0.2) is 4.98 Å². The molecule has 0 unspecified atom stereocenters. The van der Waals surface area contributed by atoms with Crippen molar-refractivity contribution in [2.75, 3.05) is 5.73 Å². The fourth-order valence-electron chi connectivity index (χ4n) is 2.02. The maximum Gasteiger partial charge on any atom is 0.0709 e. The number of anilines is 1. The zero-order valence-electron chi connectivity index (χ0n) is 10.5. The maximum atomic E-state index is 5.75. The lowest BCUT2D eigenvalue weighted by atomic mass is 10.1. The normalized spacial score (nSPS) is 11.2. The molecule has 0 aliphatic carbocycles. The van der Waals surface area contributed by atoms with Gasteiger partial charge >= 0.3 is 0 Å². The number of fused-ring (bicyclic) bond motifs is 1. The van der Waals surface area contributed by atoms with Gasteiger partial charge in [0.2, 0.25) is 0 Å². The van der Waals surface area contributed by atoms with E-state index in [2.05, 4.69) is 17.1 Å². The van der Waals surface area contributed by atoms with Crippen LogP contribution in [-0.4, -0.2) is 4.98 Å². The van der Waals surface area contributed by atoms with Crippen molar-refractivity contribution in [1.82, 2.24) is 4.98 Å². The molecule has 3 rings (SSSR count). The van der Waals surface area contributed by atoms with Crippen molar-refractivity contribution in [1.29, 1.82) is 0 Å². The number of nitrogens with zero attached hydrogens (tertiary/aromatic N) is 1. The molecule has 2 nitrogen and oxygen atoms in total. The molecule has 0 saturated carbocycles. The second-order valence-corrected chi connectivity index (χ2v) is 4.43. The van der Waals surface area contributed by atoms with Gasteiger partial charge in [-0.1, -0.05) is 42.5 Å². The number of aromatic nitrogens is 1. The van der Waals surface area contributed by atoms with Crippen LogP contribution in [0.2, 0.25) is 0 Å². The van der Waals surface area contributed by atoms with Crippen LogP contribution in [-0.2, 0) is 0 Å². The average Bonchev–Trinajstić information content (AvgIpc) is 2.45. The molecule has 1 aromatic heterocycles. The van der Waals surface area contributed by atoms with Crippen LogP contribution >= 0.6 is 0 Å². The second-order valence-electron chi connectivity index (χ2n) is 4.43. The Bertz CT molecular complexity index is 745. The summed E-state index contributed by atoms with van der Waals surface area (Å²) in [7, 11) is 0. The van der Waals surface area contributed by atoms with Crippen LogP contribution in [0.25, 0.3) is 23.1 Å². The van der Waals surface area contributed by atoms with Gasteiger partial charge in [-0.3, -0.25) is 0 Å². The Morgan fingerprint density at radius 1 is 0.842 bits per heavy atom. The van der Waals surface area contributed by atoms with Crippen LogP contribution in [0.1, 0.15) is 11.3 Å². The third-order valence-corrected chi connectivity index (χ3v) is 2.98. The molecule has 92 valence electrons. The number of hydrogen-bond donors (Lipinski definition) is 1. The molecule has 1 heterocycles. The standard InChI is InChI=1S/C17H14N2/c18-15-6-3-4-13(12-15)8-10-16-11-9-14-5-1-2-7-17(14)19-16/h1-12H,18H2. The van der Waals surface area contributed by atoms with E-state index in [1.165, 1.54) is 0 Å². The lowest BCUT2D eigenvalue weighted by Crippen LogP contribution is -1.84. The minimum absolute atomic E-state index is 0.772. The minimum Gasteiger partial charge on any atom is -0.399 e. The van der Waals surface area contributed by atoms with E-state index in [1.54, 1.807) is 0 Å². The summed E-state index contributed by atoms with van der Waals surface area (Å²) in [4.78, 5) is 4.59. The summed E-state index contributed by atoms with van der Waals surface area (Å²) in [5, 5.41) is 1.16. The molecule has 0 fully saturated rings. The topological polar surface area (TPSA) is 38.9 Å². The number of para-hydroxylation sites is 1. The van der Waals surface area contributed by atoms with E-state index in [-0.39, 0.29) is 0 Å². The van der Waals surface area contributed by atoms with Gasteiger partial charge in [-0.05, 0) is 35.9 Å². The van der Waals surface area contributed by atoms with Crippen molar-refractivity contribution in [3.63, 3.8) is 0 Å². The van der Waals surface area contributed by atoms with E-state index in [0.29, 0.717) is 0 Å². The first-order chi connectivity index (χ1) is 9.31. The maximum absolute atomic E-state index is 5.75. The number of nitrogens with two attached hydrogens (primary N) is 1. The second kappa shape index (κ2) is 4.94. The van der Waals surface area contributed by atoms with Crippen molar-refractivity contribution >= 4 is 28.7 Å². The fraction of sp³-hybridized carbons (Fsp3) is 0. The van der Waals surface area contributed by atoms with E-state index in [0.717, 1.165) is 27.8 Å². The van der Waals surface area contributed by atoms with Gasteiger partial charge in [-0.2, -0.15) is 0 Å². The third kappa shape index (κ3) is 2.63. The SMILES string of the molecule is Nc1cccc(C=Cc2ccc3ccccc3n2)c1. The largest absolute Gasteiger partial charge is 0.399 e. The van der Waals surface area contributed by atoms with Gasteiger partial charge in [-0.15, -0.1) is 0 Å². The Morgan fingerprint density at radius 3 is 2.63 bits per heavy atom. The molecule has 0 amide bonds. The summed E-state index contributed by atoms with van der Waals surface area (Å²) in [6.45, 7) is 0. The zero-order valence-corrected chi connectivity index (χ0v) is 10.5. The molecule has 0 bridgehead atoms. The zero-order chi connectivity index (χ0) is 13.1. The molecular weight excluding hydrogens is 232 g/mol. The minimum atomic E-state index is 0.772.